The predicted octanol–water partition coefficient (Wildman–Crippen LogP) is 4.27. The Labute approximate surface area is 177 Å². The fraction of sp³-hybridized carbons (Fsp3) is 0.0435. The van der Waals surface area contributed by atoms with Gasteiger partial charge in [-0.3, -0.25) is 9.78 Å². The Morgan fingerprint density at radius 1 is 1.10 bits per heavy atom. The van der Waals surface area contributed by atoms with Crippen molar-refractivity contribution in [2.75, 3.05) is 0 Å². The lowest BCUT2D eigenvalue weighted by atomic mass is 10.2. The van der Waals surface area contributed by atoms with Crippen LogP contribution in [0, 0.1) is 12.7 Å². The smallest absolute Gasteiger partial charge is 0.272 e. The summed E-state index contributed by atoms with van der Waals surface area (Å²) in [5.41, 5.74) is 4.85. The molecular formula is C23H18FN5O2. The molecule has 1 amide bonds. The number of amides is 1. The number of carbonyl (C=O) groups is 1. The van der Waals surface area contributed by atoms with E-state index >= 15 is 0 Å². The van der Waals surface area contributed by atoms with E-state index in [1.54, 1.807) is 29.9 Å². The van der Waals surface area contributed by atoms with Crippen molar-refractivity contribution < 1.29 is 13.9 Å². The zero-order valence-corrected chi connectivity index (χ0v) is 16.6. The molecule has 0 unspecified atom stereocenters. The Morgan fingerprint density at radius 2 is 1.87 bits per heavy atom. The first-order valence-corrected chi connectivity index (χ1v) is 9.44. The van der Waals surface area contributed by atoms with Crippen molar-refractivity contribution in [1.82, 2.24) is 20.2 Å². The van der Waals surface area contributed by atoms with E-state index in [1.807, 2.05) is 30.3 Å². The maximum atomic E-state index is 13.3. The van der Waals surface area contributed by atoms with Gasteiger partial charge in [-0.1, -0.05) is 18.2 Å². The number of nitrogens with one attached hydrogen (secondary N) is 1. The van der Waals surface area contributed by atoms with Gasteiger partial charge in [-0.05, 0) is 55.5 Å². The van der Waals surface area contributed by atoms with Crippen LogP contribution in [0.5, 0.6) is 11.6 Å². The zero-order chi connectivity index (χ0) is 21.6. The number of para-hydroxylation sites is 1. The third-order valence-corrected chi connectivity index (χ3v) is 4.37. The third-order valence-electron chi connectivity index (χ3n) is 4.37. The largest absolute Gasteiger partial charge is 0.438 e. The normalized spacial score (nSPS) is 10.9. The van der Waals surface area contributed by atoms with Crippen LogP contribution in [0.2, 0.25) is 0 Å². The highest BCUT2D eigenvalue weighted by Gasteiger charge is 2.18. The van der Waals surface area contributed by atoms with Gasteiger partial charge < -0.3 is 4.74 Å². The van der Waals surface area contributed by atoms with Crippen LogP contribution in [-0.2, 0) is 0 Å². The highest BCUT2D eigenvalue weighted by atomic mass is 19.1. The minimum absolute atomic E-state index is 0.361. The molecule has 0 radical (unpaired) electrons. The molecule has 0 aliphatic carbocycles. The summed E-state index contributed by atoms with van der Waals surface area (Å²) >= 11 is 0. The molecule has 31 heavy (non-hydrogen) atoms. The molecule has 0 aliphatic rings. The molecular weight excluding hydrogens is 397 g/mol. The number of aromatic nitrogens is 3. The van der Waals surface area contributed by atoms with Crippen LogP contribution in [0.25, 0.3) is 5.69 Å². The number of benzene rings is 2. The summed E-state index contributed by atoms with van der Waals surface area (Å²) in [5.74, 6) is 0.0701. The molecule has 0 fully saturated rings. The summed E-state index contributed by atoms with van der Waals surface area (Å²) in [6.07, 6.45) is 4.50. The van der Waals surface area contributed by atoms with Gasteiger partial charge in [-0.15, -0.1) is 0 Å². The standard InChI is InChI=1S/C23H18FN5O2/c1-16-21(15-26-27-22(30)17-6-5-13-25-14-17)23(31-20-11-9-18(24)10-12-20)29(28-16)19-7-3-2-4-8-19/h2-15H,1H3,(H,27,30)/b26-15-. The van der Waals surface area contributed by atoms with Crippen LogP contribution >= 0.6 is 0 Å². The lowest BCUT2D eigenvalue weighted by Gasteiger charge is -2.10. The molecule has 0 atom stereocenters. The van der Waals surface area contributed by atoms with Crippen molar-refractivity contribution >= 4 is 12.1 Å². The Balaban J connectivity index is 1.66. The first kappa shape index (κ1) is 20.0. The molecule has 8 heteroatoms. The first-order valence-electron chi connectivity index (χ1n) is 9.44. The topological polar surface area (TPSA) is 81.4 Å². The molecule has 2 aromatic carbocycles. The number of halogens is 1. The summed E-state index contributed by atoms with van der Waals surface area (Å²) in [4.78, 5) is 16.1. The average Bonchev–Trinajstić information content (AvgIpc) is 3.11. The van der Waals surface area contributed by atoms with Gasteiger partial charge in [0.1, 0.15) is 11.6 Å². The number of aryl methyl sites for hydroxylation is 1. The van der Waals surface area contributed by atoms with Crippen molar-refractivity contribution in [3.63, 3.8) is 0 Å². The number of pyridine rings is 1. The van der Waals surface area contributed by atoms with Gasteiger partial charge in [0, 0.05) is 12.4 Å². The monoisotopic (exact) mass is 415 g/mol. The number of carbonyl (C=O) groups excluding carboxylic acids is 1. The van der Waals surface area contributed by atoms with Gasteiger partial charge in [0.2, 0.25) is 5.88 Å². The second kappa shape index (κ2) is 9.00. The predicted molar refractivity (Wildman–Crippen MR) is 114 cm³/mol. The van der Waals surface area contributed by atoms with E-state index in [9.17, 15) is 9.18 Å². The molecule has 0 spiro atoms. The molecule has 4 aromatic rings. The Bertz CT molecular complexity index is 1210. The summed E-state index contributed by atoms with van der Waals surface area (Å²) in [7, 11) is 0. The molecule has 1 N–H and O–H groups in total. The Hall–Kier alpha value is -4.33. The minimum Gasteiger partial charge on any atom is -0.438 e. The minimum atomic E-state index is -0.390. The molecule has 0 bridgehead atoms. The van der Waals surface area contributed by atoms with Crippen LogP contribution in [-0.4, -0.2) is 26.9 Å². The highest BCUT2D eigenvalue weighted by molar-refractivity contribution is 5.94. The van der Waals surface area contributed by atoms with Crippen LogP contribution in [0.15, 0.2) is 84.2 Å². The number of ether oxygens (including phenoxy) is 1. The number of hydrogen-bond donors (Lipinski definition) is 1. The van der Waals surface area contributed by atoms with E-state index < -0.39 is 5.91 Å². The second-order valence-corrected chi connectivity index (χ2v) is 6.55. The highest BCUT2D eigenvalue weighted by Crippen LogP contribution is 2.29. The Morgan fingerprint density at radius 3 is 2.58 bits per heavy atom. The maximum absolute atomic E-state index is 13.3. The fourth-order valence-corrected chi connectivity index (χ4v) is 2.84. The molecule has 4 rings (SSSR count). The van der Waals surface area contributed by atoms with E-state index in [0.29, 0.717) is 28.5 Å². The van der Waals surface area contributed by atoms with Gasteiger partial charge >= 0.3 is 0 Å². The SMILES string of the molecule is Cc1nn(-c2ccccc2)c(Oc2ccc(F)cc2)c1/C=N\NC(=O)c1cccnc1. The second-order valence-electron chi connectivity index (χ2n) is 6.55. The number of hydrazone groups is 1. The molecule has 7 nitrogen and oxygen atoms in total. The lowest BCUT2D eigenvalue weighted by molar-refractivity contribution is 0.0954. The van der Waals surface area contributed by atoms with E-state index in [4.69, 9.17) is 4.74 Å². The molecule has 0 saturated heterocycles. The van der Waals surface area contributed by atoms with E-state index in [1.165, 1.54) is 36.7 Å². The van der Waals surface area contributed by atoms with Crippen LogP contribution in [0.3, 0.4) is 0 Å². The van der Waals surface area contributed by atoms with Crippen molar-refractivity contribution in [1.29, 1.82) is 0 Å². The number of nitrogens with zero attached hydrogens (tertiary/aromatic N) is 4. The molecule has 2 aromatic heterocycles. The summed E-state index contributed by atoms with van der Waals surface area (Å²) in [6.45, 7) is 1.81. The van der Waals surface area contributed by atoms with Gasteiger partial charge in [0.15, 0.2) is 0 Å². The fourth-order valence-electron chi connectivity index (χ4n) is 2.84. The van der Waals surface area contributed by atoms with Crippen molar-refractivity contribution in [2.45, 2.75) is 6.92 Å². The zero-order valence-electron chi connectivity index (χ0n) is 16.6. The van der Waals surface area contributed by atoms with Crippen LogP contribution in [0.4, 0.5) is 4.39 Å². The van der Waals surface area contributed by atoms with Crippen LogP contribution < -0.4 is 10.2 Å². The van der Waals surface area contributed by atoms with Gasteiger partial charge in [0.25, 0.3) is 5.91 Å². The lowest BCUT2D eigenvalue weighted by Crippen LogP contribution is -2.17. The number of rotatable bonds is 6. The van der Waals surface area contributed by atoms with Crippen molar-refractivity contribution in [3.05, 3.63) is 102 Å². The quantitative estimate of drug-likeness (QED) is 0.377. The molecule has 0 saturated carbocycles. The van der Waals surface area contributed by atoms with E-state index in [2.05, 4.69) is 20.6 Å². The molecule has 0 aliphatic heterocycles. The first-order chi connectivity index (χ1) is 15.1. The number of hydrogen-bond acceptors (Lipinski definition) is 5. The van der Waals surface area contributed by atoms with E-state index in [0.717, 1.165) is 5.69 Å². The van der Waals surface area contributed by atoms with Crippen LogP contribution in [0.1, 0.15) is 21.6 Å². The van der Waals surface area contributed by atoms with Crippen molar-refractivity contribution in [3.8, 4) is 17.3 Å². The third kappa shape index (κ3) is 4.64. The summed E-state index contributed by atoms with van der Waals surface area (Å²) < 4.78 is 21.0. The maximum Gasteiger partial charge on any atom is 0.272 e. The van der Waals surface area contributed by atoms with Gasteiger partial charge in [-0.2, -0.15) is 14.9 Å². The van der Waals surface area contributed by atoms with E-state index in [-0.39, 0.29) is 5.82 Å². The van der Waals surface area contributed by atoms with Gasteiger partial charge in [-0.25, -0.2) is 9.82 Å². The Kier molecular flexibility index (Phi) is 5.79. The summed E-state index contributed by atoms with van der Waals surface area (Å²) in [6, 6.07) is 18.4. The van der Waals surface area contributed by atoms with Crippen molar-refractivity contribution in [2.24, 2.45) is 5.10 Å². The molecule has 2 heterocycles. The summed E-state index contributed by atoms with van der Waals surface area (Å²) in [5, 5.41) is 8.61. The van der Waals surface area contributed by atoms with Gasteiger partial charge in [0.05, 0.1) is 28.7 Å². The molecule has 154 valence electrons. The average molecular weight is 415 g/mol.